The molecule has 2 amide bonds. The molecule has 4 unspecified atom stereocenters. The Kier molecular flexibility index (Phi) is 3.61. The lowest BCUT2D eigenvalue weighted by molar-refractivity contribution is -0.142. The molecule has 2 saturated heterocycles. The van der Waals surface area contributed by atoms with Gasteiger partial charge in [-0.1, -0.05) is 6.42 Å². The average Bonchev–Trinajstić information content (AvgIpc) is 3.03. The number of fused-ring (bicyclic) bond motifs is 1. The van der Waals surface area contributed by atoms with Crippen molar-refractivity contribution in [2.75, 3.05) is 13.1 Å². The predicted molar refractivity (Wildman–Crippen MR) is 74.4 cm³/mol. The van der Waals surface area contributed by atoms with Gasteiger partial charge in [-0.3, -0.25) is 4.79 Å². The number of carboxylic acids is 1. The van der Waals surface area contributed by atoms with E-state index in [1.165, 1.54) is 19.3 Å². The van der Waals surface area contributed by atoms with Crippen LogP contribution in [0.4, 0.5) is 4.79 Å². The van der Waals surface area contributed by atoms with E-state index in [2.05, 4.69) is 0 Å². The summed E-state index contributed by atoms with van der Waals surface area (Å²) < 4.78 is 0. The van der Waals surface area contributed by atoms with E-state index in [-0.39, 0.29) is 12.1 Å². The molecule has 3 rings (SSSR count). The Morgan fingerprint density at radius 2 is 1.75 bits per heavy atom. The van der Waals surface area contributed by atoms with Gasteiger partial charge in [0.2, 0.25) is 0 Å². The summed E-state index contributed by atoms with van der Waals surface area (Å²) in [5, 5.41) is 9.19. The fourth-order valence-corrected chi connectivity index (χ4v) is 4.40. The molecule has 0 radical (unpaired) electrons. The van der Waals surface area contributed by atoms with E-state index < -0.39 is 11.9 Å². The number of hydrogen-bond donors (Lipinski definition) is 1. The van der Waals surface area contributed by atoms with E-state index in [0.717, 1.165) is 19.4 Å². The molecule has 3 aliphatic rings. The summed E-state index contributed by atoms with van der Waals surface area (Å²) in [5.74, 6) is -0.491. The molecule has 4 atom stereocenters. The topological polar surface area (TPSA) is 60.9 Å². The van der Waals surface area contributed by atoms with E-state index in [1.54, 1.807) is 4.90 Å². The molecule has 2 heterocycles. The number of amides is 2. The minimum absolute atomic E-state index is 0.0813. The van der Waals surface area contributed by atoms with Crippen molar-refractivity contribution in [2.24, 2.45) is 11.8 Å². The van der Waals surface area contributed by atoms with Crippen molar-refractivity contribution >= 4 is 12.0 Å². The minimum atomic E-state index is -0.773. The second-order valence-electron chi connectivity index (χ2n) is 6.54. The second kappa shape index (κ2) is 5.26. The van der Waals surface area contributed by atoms with Gasteiger partial charge >= 0.3 is 12.0 Å². The molecule has 0 spiro atoms. The molecule has 3 fully saturated rings. The molecule has 112 valence electrons. The zero-order valence-electron chi connectivity index (χ0n) is 12.1. The lowest BCUT2D eigenvalue weighted by atomic mass is 9.92. The van der Waals surface area contributed by atoms with Crippen LogP contribution >= 0.6 is 0 Å². The van der Waals surface area contributed by atoms with Crippen LogP contribution in [0.25, 0.3) is 0 Å². The average molecular weight is 280 g/mol. The molecule has 0 aromatic rings. The number of likely N-dealkylation sites (tertiary alicyclic amines) is 2. The maximum Gasteiger partial charge on any atom is 0.320 e. The number of aliphatic carboxylic acids is 1. The predicted octanol–water partition coefficient (Wildman–Crippen LogP) is 2.17. The van der Waals surface area contributed by atoms with Crippen molar-refractivity contribution < 1.29 is 14.7 Å². The Morgan fingerprint density at radius 1 is 1.00 bits per heavy atom. The monoisotopic (exact) mass is 280 g/mol. The summed E-state index contributed by atoms with van der Waals surface area (Å²) in [6, 6.07) is 0.312. The van der Waals surface area contributed by atoms with E-state index >= 15 is 0 Å². The zero-order chi connectivity index (χ0) is 14.3. The van der Waals surface area contributed by atoms with Crippen LogP contribution in [0.3, 0.4) is 0 Å². The Hall–Kier alpha value is -1.26. The number of carbonyl (C=O) groups excluding carboxylic acids is 1. The maximum atomic E-state index is 12.8. The van der Waals surface area contributed by atoms with Crippen molar-refractivity contribution in [3.63, 3.8) is 0 Å². The first kappa shape index (κ1) is 13.7. The van der Waals surface area contributed by atoms with Crippen LogP contribution in [-0.2, 0) is 4.79 Å². The van der Waals surface area contributed by atoms with E-state index in [0.29, 0.717) is 24.9 Å². The standard InChI is InChI=1S/C15H24N2O3/c1-10-12(14(18)19)7-9-16(10)15(20)17-8-3-5-11-4-2-6-13(11)17/h10-13H,2-9H2,1H3,(H,18,19). The first-order valence-corrected chi connectivity index (χ1v) is 7.89. The van der Waals surface area contributed by atoms with Gasteiger partial charge in [-0.15, -0.1) is 0 Å². The molecular weight excluding hydrogens is 256 g/mol. The normalized spacial score (nSPS) is 37.0. The summed E-state index contributed by atoms with van der Waals surface area (Å²) in [6.45, 7) is 3.31. The van der Waals surface area contributed by atoms with Gasteiger partial charge in [0.15, 0.2) is 0 Å². The Labute approximate surface area is 119 Å². The van der Waals surface area contributed by atoms with Crippen LogP contribution in [0.2, 0.25) is 0 Å². The molecule has 1 aliphatic carbocycles. The van der Waals surface area contributed by atoms with Gasteiger partial charge in [0.1, 0.15) is 0 Å². The summed E-state index contributed by atoms with van der Waals surface area (Å²) >= 11 is 0. The van der Waals surface area contributed by atoms with Gasteiger partial charge in [0, 0.05) is 25.2 Å². The van der Waals surface area contributed by atoms with Crippen molar-refractivity contribution in [1.29, 1.82) is 0 Å². The van der Waals surface area contributed by atoms with Gasteiger partial charge in [-0.05, 0) is 44.9 Å². The van der Waals surface area contributed by atoms with Crippen LogP contribution in [0.15, 0.2) is 0 Å². The summed E-state index contributed by atoms with van der Waals surface area (Å²) in [6.07, 6.45) is 6.54. The van der Waals surface area contributed by atoms with Crippen molar-refractivity contribution in [3.05, 3.63) is 0 Å². The van der Waals surface area contributed by atoms with Gasteiger partial charge in [0.25, 0.3) is 0 Å². The van der Waals surface area contributed by atoms with Crippen LogP contribution < -0.4 is 0 Å². The lowest BCUT2D eigenvalue weighted by Crippen LogP contribution is -2.53. The van der Waals surface area contributed by atoms with Gasteiger partial charge in [0.05, 0.1) is 5.92 Å². The third kappa shape index (κ3) is 2.17. The van der Waals surface area contributed by atoms with Gasteiger partial charge < -0.3 is 14.9 Å². The molecule has 5 heteroatoms. The minimum Gasteiger partial charge on any atom is -0.481 e. The third-order valence-electron chi connectivity index (χ3n) is 5.56. The van der Waals surface area contributed by atoms with E-state index in [4.69, 9.17) is 0 Å². The highest BCUT2D eigenvalue weighted by atomic mass is 16.4. The number of nitrogens with zero attached hydrogens (tertiary/aromatic N) is 2. The zero-order valence-corrected chi connectivity index (χ0v) is 12.1. The van der Waals surface area contributed by atoms with Crippen LogP contribution in [0, 0.1) is 11.8 Å². The molecule has 0 aromatic heterocycles. The van der Waals surface area contributed by atoms with Gasteiger partial charge in [-0.2, -0.15) is 0 Å². The fraction of sp³-hybridized carbons (Fsp3) is 0.867. The molecule has 2 aliphatic heterocycles. The van der Waals surface area contributed by atoms with Crippen molar-refractivity contribution in [1.82, 2.24) is 9.80 Å². The number of carboxylic acid groups (broad SMARTS) is 1. The molecule has 0 bridgehead atoms. The largest absolute Gasteiger partial charge is 0.481 e. The molecule has 0 aromatic carbocycles. The number of piperidine rings is 1. The van der Waals surface area contributed by atoms with E-state index in [9.17, 15) is 14.7 Å². The van der Waals surface area contributed by atoms with Crippen LogP contribution in [0.1, 0.15) is 45.4 Å². The second-order valence-corrected chi connectivity index (χ2v) is 6.54. The van der Waals surface area contributed by atoms with Crippen LogP contribution in [-0.4, -0.2) is 52.1 Å². The lowest BCUT2D eigenvalue weighted by Gasteiger charge is -2.40. The molecule has 20 heavy (non-hydrogen) atoms. The van der Waals surface area contributed by atoms with Crippen molar-refractivity contribution in [3.8, 4) is 0 Å². The molecule has 1 saturated carbocycles. The Morgan fingerprint density at radius 3 is 2.45 bits per heavy atom. The fourth-order valence-electron chi connectivity index (χ4n) is 4.40. The molecular formula is C15H24N2O3. The smallest absolute Gasteiger partial charge is 0.320 e. The number of carbonyl (C=O) groups is 2. The third-order valence-corrected chi connectivity index (χ3v) is 5.56. The van der Waals surface area contributed by atoms with Crippen molar-refractivity contribution in [2.45, 2.75) is 57.5 Å². The molecule has 5 nitrogen and oxygen atoms in total. The van der Waals surface area contributed by atoms with E-state index in [1.807, 2.05) is 11.8 Å². The summed E-state index contributed by atoms with van der Waals surface area (Å²) in [4.78, 5) is 27.8. The summed E-state index contributed by atoms with van der Waals surface area (Å²) in [7, 11) is 0. The Balaban J connectivity index is 1.71. The Bertz CT molecular complexity index is 412. The highest BCUT2D eigenvalue weighted by Crippen LogP contribution is 2.38. The quantitative estimate of drug-likeness (QED) is 0.800. The maximum absolute atomic E-state index is 12.8. The SMILES string of the molecule is CC1C(C(=O)O)CCN1C(=O)N1CCCC2CCCC21. The molecule has 1 N–H and O–H groups in total. The number of urea groups is 1. The summed E-state index contributed by atoms with van der Waals surface area (Å²) in [5.41, 5.74) is 0. The first-order chi connectivity index (χ1) is 9.59. The van der Waals surface area contributed by atoms with Crippen LogP contribution in [0.5, 0.6) is 0 Å². The number of rotatable bonds is 1. The highest BCUT2D eigenvalue weighted by Gasteiger charge is 2.43. The first-order valence-electron chi connectivity index (χ1n) is 7.89. The number of hydrogen-bond acceptors (Lipinski definition) is 2. The highest BCUT2D eigenvalue weighted by molar-refractivity contribution is 5.78. The van der Waals surface area contributed by atoms with Gasteiger partial charge in [-0.25, -0.2) is 4.79 Å².